The maximum absolute atomic E-state index is 10.9. The van der Waals surface area contributed by atoms with Gasteiger partial charge in [0.1, 0.15) is 0 Å². The van der Waals surface area contributed by atoms with Gasteiger partial charge in [0.25, 0.3) is 0 Å². The first-order valence-electron chi connectivity index (χ1n) is 4.78. The summed E-state index contributed by atoms with van der Waals surface area (Å²) in [4.78, 5) is 10.9. The van der Waals surface area contributed by atoms with E-state index in [9.17, 15) is 4.79 Å². The van der Waals surface area contributed by atoms with E-state index in [1.54, 1.807) is 0 Å². The number of carbonyl (C=O) groups excluding carboxylic acids is 1. The first-order chi connectivity index (χ1) is 6.34. The molecule has 0 unspecified atom stereocenters. The number of primary amides is 1. The van der Waals surface area contributed by atoms with Gasteiger partial charge in [0.05, 0.1) is 0 Å². The molecule has 0 aliphatic rings. The number of nitrogens with zero attached hydrogens (tertiary/aromatic N) is 1. The second kappa shape index (κ2) is 3.48. The molecule has 2 N–H and O–H groups in total. The molecule has 0 bridgehead atoms. The molecule has 78 valence electrons. The predicted molar refractivity (Wildman–Crippen MR) is 57.0 cm³/mol. The molecule has 0 saturated carbocycles. The topological polar surface area (TPSA) is 48.0 Å². The van der Waals surface area contributed by atoms with Gasteiger partial charge in [0, 0.05) is 23.3 Å². The van der Waals surface area contributed by atoms with Crippen molar-refractivity contribution >= 4 is 5.91 Å². The van der Waals surface area contributed by atoms with Gasteiger partial charge in [-0.1, -0.05) is 0 Å². The minimum atomic E-state index is -0.262. The van der Waals surface area contributed by atoms with E-state index >= 15 is 0 Å². The van der Waals surface area contributed by atoms with Gasteiger partial charge in [-0.25, -0.2) is 0 Å². The Hall–Kier alpha value is -1.25. The van der Waals surface area contributed by atoms with E-state index < -0.39 is 0 Å². The molecule has 0 saturated heterocycles. The quantitative estimate of drug-likeness (QED) is 0.782. The minimum Gasteiger partial charge on any atom is -0.370 e. The summed E-state index contributed by atoms with van der Waals surface area (Å²) in [7, 11) is 0. The van der Waals surface area contributed by atoms with E-state index in [1.165, 1.54) is 0 Å². The average Bonchev–Trinajstić information content (AvgIpc) is 2.27. The van der Waals surface area contributed by atoms with E-state index in [1.807, 2.05) is 27.7 Å². The zero-order chi connectivity index (χ0) is 10.9. The highest BCUT2D eigenvalue weighted by molar-refractivity contribution is 5.74. The van der Waals surface area contributed by atoms with E-state index in [4.69, 9.17) is 5.73 Å². The highest BCUT2D eigenvalue weighted by Gasteiger charge is 2.24. The Morgan fingerprint density at radius 2 is 1.79 bits per heavy atom. The van der Waals surface area contributed by atoms with Crippen LogP contribution in [0.25, 0.3) is 0 Å². The van der Waals surface area contributed by atoms with Crippen molar-refractivity contribution in [3.05, 3.63) is 23.5 Å². The smallest absolute Gasteiger partial charge is 0.219 e. The molecular weight excluding hydrogens is 176 g/mol. The van der Waals surface area contributed by atoms with E-state index in [0.717, 1.165) is 11.4 Å². The summed E-state index contributed by atoms with van der Waals surface area (Å²) in [5, 5.41) is 0. The van der Waals surface area contributed by atoms with Gasteiger partial charge in [-0.15, -0.1) is 0 Å². The van der Waals surface area contributed by atoms with Crippen molar-refractivity contribution in [2.24, 2.45) is 5.73 Å². The van der Waals surface area contributed by atoms with Crippen LogP contribution in [0.1, 0.15) is 31.7 Å². The van der Waals surface area contributed by atoms with Gasteiger partial charge in [-0.2, -0.15) is 0 Å². The fraction of sp³-hybridized carbons (Fsp3) is 0.545. The lowest BCUT2D eigenvalue weighted by molar-refractivity contribution is -0.119. The summed E-state index contributed by atoms with van der Waals surface area (Å²) in [5.41, 5.74) is 7.32. The lowest BCUT2D eigenvalue weighted by Gasteiger charge is -2.29. The summed E-state index contributed by atoms with van der Waals surface area (Å²) in [5.74, 6) is -0.262. The van der Waals surface area contributed by atoms with Gasteiger partial charge in [0.15, 0.2) is 0 Å². The third-order valence-electron chi connectivity index (χ3n) is 2.48. The number of amides is 1. The van der Waals surface area contributed by atoms with Crippen molar-refractivity contribution < 1.29 is 4.79 Å². The first kappa shape index (κ1) is 10.8. The lowest BCUT2D eigenvalue weighted by atomic mass is 9.99. The predicted octanol–water partition coefficient (Wildman–Crippen LogP) is 1.72. The fourth-order valence-corrected chi connectivity index (χ4v) is 2.13. The number of aromatic nitrogens is 1. The zero-order valence-corrected chi connectivity index (χ0v) is 9.29. The molecular formula is C11H18N2O. The third-order valence-corrected chi connectivity index (χ3v) is 2.48. The molecule has 3 heteroatoms. The van der Waals surface area contributed by atoms with Crippen molar-refractivity contribution in [3.8, 4) is 0 Å². The highest BCUT2D eigenvalue weighted by atomic mass is 16.1. The number of carbonyl (C=O) groups is 1. The number of nitrogens with two attached hydrogens (primary N) is 1. The second-order valence-electron chi connectivity index (χ2n) is 4.41. The Morgan fingerprint density at radius 3 is 2.14 bits per heavy atom. The number of aryl methyl sites for hydroxylation is 2. The Kier molecular flexibility index (Phi) is 2.69. The largest absolute Gasteiger partial charge is 0.370 e. The summed E-state index contributed by atoms with van der Waals surface area (Å²) in [6.07, 6.45) is 0.364. The van der Waals surface area contributed by atoms with Gasteiger partial charge < -0.3 is 10.3 Å². The number of hydrogen-bond donors (Lipinski definition) is 1. The Labute approximate surface area is 84.9 Å². The third kappa shape index (κ3) is 1.97. The molecule has 0 fully saturated rings. The molecule has 0 atom stereocenters. The summed E-state index contributed by atoms with van der Waals surface area (Å²) >= 11 is 0. The van der Waals surface area contributed by atoms with Gasteiger partial charge in [-0.3, -0.25) is 4.79 Å². The van der Waals surface area contributed by atoms with Crippen LogP contribution in [0.5, 0.6) is 0 Å². The molecule has 0 aliphatic heterocycles. The van der Waals surface area contributed by atoms with Crippen molar-refractivity contribution in [2.75, 3.05) is 0 Å². The molecule has 1 aromatic rings. The number of hydrogen-bond acceptors (Lipinski definition) is 1. The average molecular weight is 194 g/mol. The van der Waals surface area contributed by atoms with E-state index in [-0.39, 0.29) is 11.4 Å². The monoisotopic (exact) mass is 194 g/mol. The molecule has 1 heterocycles. The van der Waals surface area contributed by atoms with Crippen LogP contribution < -0.4 is 5.73 Å². The Bertz CT molecular complexity index is 331. The van der Waals surface area contributed by atoms with Crippen LogP contribution >= 0.6 is 0 Å². The molecule has 0 spiro atoms. The maximum atomic E-state index is 10.9. The van der Waals surface area contributed by atoms with Crippen LogP contribution in [0.15, 0.2) is 12.1 Å². The second-order valence-corrected chi connectivity index (χ2v) is 4.41. The minimum absolute atomic E-state index is 0.233. The van der Waals surface area contributed by atoms with Crippen LogP contribution in [0.2, 0.25) is 0 Å². The van der Waals surface area contributed by atoms with Gasteiger partial charge in [-0.05, 0) is 39.8 Å². The SMILES string of the molecule is Cc1ccc(C)n1C(C)(C)CC(N)=O. The van der Waals surface area contributed by atoms with Gasteiger partial charge in [0.2, 0.25) is 5.91 Å². The van der Waals surface area contributed by atoms with Crippen LogP contribution in [-0.4, -0.2) is 10.5 Å². The standard InChI is InChI=1S/C11H18N2O/c1-8-5-6-9(2)13(8)11(3,4)7-10(12)14/h5-6H,7H2,1-4H3,(H2,12,14). The van der Waals surface area contributed by atoms with Crippen molar-refractivity contribution in [1.29, 1.82) is 0 Å². The zero-order valence-electron chi connectivity index (χ0n) is 9.29. The van der Waals surface area contributed by atoms with Crippen LogP contribution in [0.3, 0.4) is 0 Å². The summed E-state index contributed by atoms with van der Waals surface area (Å²) < 4.78 is 2.15. The molecule has 1 amide bonds. The molecule has 0 aliphatic carbocycles. The Morgan fingerprint density at radius 1 is 1.36 bits per heavy atom. The van der Waals surface area contributed by atoms with E-state index in [2.05, 4.69) is 16.7 Å². The summed E-state index contributed by atoms with van der Waals surface area (Å²) in [6, 6.07) is 4.11. The maximum Gasteiger partial charge on any atom is 0.219 e. The normalized spacial score (nSPS) is 11.7. The molecule has 1 aromatic heterocycles. The van der Waals surface area contributed by atoms with Crippen molar-refractivity contribution in [3.63, 3.8) is 0 Å². The van der Waals surface area contributed by atoms with Crippen LogP contribution in [0.4, 0.5) is 0 Å². The van der Waals surface area contributed by atoms with Crippen molar-refractivity contribution in [2.45, 2.75) is 39.7 Å². The summed E-state index contributed by atoms with van der Waals surface area (Å²) in [6.45, 7) is 8.13. The first-order valence-corrected chi connectivity index (χ1v) is 4.78. The molecule has 14 heavy (non-hydrogen) atoms. The highest BCUT2D eigenvalue weighted by Crippen LogP contribution is 2.24. The van der Waals surface area contributed by atoms with Crippen LogP contribution in [0, 0.1) is 13.8 Å². The molecule has 0 aromatic carbocycles. The molecule has 1 rings (SSSR count). The Balaban J connectivity index is 3.08. The number of rotatable bonds is 3. The van der Waals surface area contributed by atoms with E-state index in [0.29, 0.717) is 6.42 Å². The van der Waals surface area contributed by atoms with Crippen LogP contribution in [-0.2, 0) is 10.3 Å². The van der Waals surface area contributed by atoms with Crippen molar-refractivity contribution in [1.82, 2.24) is 4.57 Å². The fourth-order valence-electron chi connectivity index (χ4n) is 2.13. The molecule has 3 nitrogen and oxygen atoms in total. The lowest BCUT2D eigenvalue weighted by Crippen LogP contribution is -2.33. The molecule has 0 radical (unpaired) electrons. The van der Waals surface area contributed by atoms with Gasteiger partial charge >= 0.3 is 0 Å².